The molecule has 0 amide bonds. The molecule has 0 radical (unpaired) electrons. The standard InChI is InChI=1S/C18H23NO2S/c1-5-15(4)16-6-8-18(9-7-16)22(20,21)19-17-11-13(2)10-14(3)12-17/h6-12,15,19H,5H2,1-4H3. The van der Waals surface area contributed by atoms with Crippen molar-refractivity contribution in [1.29, 1.82) is 0 Å². The van der Waals surface area contributed by atoms with Crippen molar-refractivity contribution in [3.05, 3.63) is 59.2 Å². The maximum Gasteiger partial charge on any atom is 0.261 e. The zero-order chi connectivity index (χ0) is 16.3. The van der Waals surface area contributed by atoms with Crippen molar-refractivity contribution in [3.63, 3.8) is 0 Å². The molecular formula is C18H23NO2S. The molecule has 2 aromatic rings. The van der Waals surface area contributed by atoms with Crippen molar-refractivity contribution in [3.8, 4) is 0 Å². The largest absolute Gasteiger partial charge is 0.280 e. The number of aryl methyl sites for hydroxylation is 2. The number of sulfonamides is 1. The van der Waals surface area contributed by atoms with Crippen molar-refractivity contribution < 1.29 is 8.42 Å². The molecule has 1 atom stereocenters. The Morgan fingerprint density at radius 1 is 1.00 bits per heavy atom. The first-order chi connectivity index (χ1) is 10.3. The molecule has 4 heteroatoms. The summed E-state index contributed by atoms with van der Waals surface area (Å²) in [5, 5.41) is 0. The Balaban J connectivity index is 2.26. The number of anilines is 1. The van der Waals surface area contributed by atoms with Gasteiger partial charge in [0.25, 0.3) is 10.0 Å². The Hall–Kier alpha value is -1.81. The summed E-state index contributed by atoms with van der Waals surface area (Å²) in [5.74, 6) is 0.434. The topological polar surface area (TPSA) is 46.2 Å². The van der Waals surface area contributed by atoms with Gasteiger partial charge in [-0.05, 0) is 67.1 Å². The van der Waals surface area contributed by atoms with Gasteiger partial charge >= 0.3 is 0 Å². The van der Waals surface area contributed by atoms with Gasteiger partial charge in [0.15, 0.2) is 0 Å². The second-order valence-electron chi connectivity index (χ2n) is 5.86. The fraction of sp³-hybridized carbons (Fsp3) is 0.333. The number of hydrogen-bond acceptors (Lipinski definition) is 2. The van der Waals surface area contributed by atoms with Gasteiger partial charge in [-0.3, -0.25) is 4.72 Å². The Morgan fingerprint density at radius 3 is 2.05 bits per heavy atom. The SMILES string of the molecule is CCC(C)c1ccc(S(=O)(=O)Nc2cc(C)cc(C)c2)cc1. The summed E-state index contributed by atoms with van der Waals surface area (Å²) >= 11 is 0. The highest BCUT2D eigenvalue weighted by molar-refractivity contribution is 7.92. The van der Waals surface area contributed by atoms with E-state index in [2.05, 4.69) is 18.6 Å². The minimum atomic E-state index is -3.55. The van der Waals surface area contributed by atoms with Crippen LogP contribution in [0.4, 0.5) is 5.69 Å². The fourth-order valence-corrected chi connectivity index (χ4v) is 3.50. The normalized spacial score (nSPS) is 12.9. The maximum absolute atomic E-state index is 12.5. The molecule has 22 heavy (non-hydrogen) atoms. The lowest BCUT2D eigenvalue weighted by Gasteiger charge is -2.12. The van der Waals surface area contributed by atoms with Crippen LogP contribution in [0.1, 0.15) is 42.9 Å². The molecule has 2 aromatic carbocycles. The maximum atomic E-state index is 12.5. The number of hydrogen-bond donors (Lipinski definition) is 1. The molecule has 0 heterocycles. The van der Waals surface area contributed by atoms with Crippen LogP contribution in [-0.4, -0.2) is 8.42 Å². The van der Waals surface area contributed by atoms with Crippen LogP contribution in [0.25, 0.3) is 0 Å². The molecule has 0 fully saturated rings. The van der Waals surface area contributed by atoms with E-state index in [-0.39, 0.29) is 0 Å². The summed E-state index contributed by atoms with van der Waals surface area (Å²) in [7, 11) is -3.55. The summed E-state index contributed by atoms with van der Waals surface area (Å²) in [5.41, 5.74) is 3.82. The van der Waals surface area contributed by atoms with Gasteiger partial charge in [0.1, 0.15) is 0 Å². The third-order valence-corrected chi connectivity index (χ3v) is 5.24. The molecule has 0 bridgehead atoms. The molecule has 118 valence electrons. The van der Waals surface area contributed by atoms with E-state index >= 15 is 0 Å². The average molecular weight is 317 g/mol. The van der Waals surface area contributed by atoms with E-state index in [0.29, 0.717) is 16.5 Å². The third-order valence-electron chi connectivity index (χ3n) is 3.85. The van der Waals surface area contributed by atoms with Crippen molar-refractivity contribution in [2.24, 2.45) is 0 Å². The van der Waals surface area contributed by atoms with Crippen LogP contribution in [0, 0.1) is 13.8 Å². The van der Waals surface area contributed by atoms with Crippen LogP contribution in [0.15, 0.2) is 47.4 Å². The van der Waals surface area contributed by atoms with Crippen molar-refractivity contribution in [1.82, 2.24) is 0 Å². The van der Waals surface area contributed by atoms with Gasteiger partial charge in [-0.2, -0.15) is 0 Å². The lowest BCUT2D eigenvalue weighted by Crippen LogP contribution is -2.13. The minimum absolute atomic E-state index is 0.290. The molecule has 1 unspecified atom stereocenters. The van der Waals surface area contributed by atoms with Gasteiger partial charge in [-0.15, -0.1) is 0 Å². The first kappa shape index (κ1) is 16.6. The summed E-state index contributed by atoms with van der Waals surface area (Å²) in [6.07, 6.45) is 1.03. The molecule has 0 saturated carbocycles. The number of benzene rings is 2. The zero-order valence-electron chi connectivity index (χ0n) is 13.6. The lowest BCUT2D eigenvalue weighted by molar-refractivity contribution is 0.601. The fourth-order valence-electron chi connectivity index (χ4n) is 2.46. The van der Waals surface area contributed by atoms with Crippen molar-refractivity contribution in [2.45, 2.75) is 44.9 Å². The molecule has 0 aliphatic carbocycles. The van der Waals surface area contributed by atoms with E-state index in [0.717, 1.165) is 23.1 Å². The average Bonchev–Trinajstić information content (AvgIpc) is 2.45. The second kappa shape index (κ2) is 6.53. The molecule has 0 spiro atoms. The van der Waals surface area contributed by atoms with Gasteiger partial charge in [-0.25, -0.2) is 8.42 Å². The molecule has 2 rings (SSSR count). The summed E-state index contributed by atoms with van der Waals surface area (Å²) in [4.78, 5) is 0.290. The third kappa shape index (κ3) is 3.89. The van der Waals surface area contributed by atoms with Crippen molar-refractivity contribution in [2.75, 3.05) is 4.72 Å². The Labute approximate surface area is 133 Å². The second-order valence-corrected chi connectivity index (χ2v) is 7.54. The molecule has 3 nitrogen and oxygen atoms in total. The number of nitrogens with one attached hydrogen (secondary N) is 1. The van der Waals surface area contributed by atoms with Gasteiger partial charge in [0.05, 0.1) is 4.90 Å². The van der Waals surface area contributed by atoms with Crippen LogP contribution in [0.2, 0.25) is 0 Å². The Morgan fingerprint density at radius 2 is 1.55 bits per heavy atom. The predicted molar refractivity (Wildman–Crippen MR) is 91.9 cm³/mol. The highest BCUT2D eigenvalue weighted by atomic mass is 32.2. The molecule has 0 aliphatic heterocycles. The predicted octanol–water partition coefficient (Wildman–Crippen LogP) is 4.62. The molecule has 0 aliphatic rings. The molecule has 0 aromatic heterocycles. The van der Waals surface area contributed by atoms with Crippen LogP contribution in [-0.2, 0) is 10.0 Å². The van der Waals surface area contributed by atoms with Gasteiger partial charge in [0, 0.05) is 5.69 Å². The zero-order valence-corrected chi connectivity index (χ0v) is 14.4. The lowest BCUT2D eigenvalue weighted by atomic mass is 9.99. The summed E-state index contributed by atoms with van der Waals surface area (Å²) < 4.78 is 27.6. The highest BCUT2D eigenvalue weighted by Gasteiger charge is 2.15. The summed E-state index contributed by atoms with van der Waals surface area (Å²) in [6.45, 7) is 8.16. The van der Waals surface area contributed by atoms with Crippen LogP contribution in [0.5, 0.6) is 0 Å². The van der Waals surface area contributed by atoms with Gasteiger partial charge in [-0.1, -0.05) is 32.0 Å². The van der Waals surface area contributed by atoms with Crippen LogP contribution in [0.3, 0.4) is 0 Å². The van der Waals surface area contributed by atoms with Crippen LogP contribution < -0.4 is 4.72 Å². The first-order valence-electron chi connectivity index (χ1n) is 7.53. The van der Waals surface area contributed by atoms with E-state index in [1.165, 1.54) is 0 Å². The number of rotatable bonds is 5. The first-order valence-corrected chi connectivity index (χ1v) is 9.01. The van der Waals surface area contributed by atoms with E-state index in [1.54, 1.807) is 12.1 Å². The summed E-state index contributed by atoms with van der Waals surface area (Å²) in [6, 6.07) is 12.8. The molecule has 0 saturated heterocycles. The molecule has 1 N–H and O–H groups in total. The smallest absolute Gasteiger partial charge is 0.261 e. The van der Waals surface area contributed by atoms with Crippen molar-refractivity contribution >= 4 is 15.7 Å². The van der Waals surface area contributed by atoms with Gasteiger partial charge < -0.3 is 0 Å². The Kier molecular flexibility index (Phi) is 4.91. The van der Waals surface area contributed by atoms with E-state index in [9.17, 15) is 8.42 Å². The van der Waals surface area contributed by atoms with E-state index in [1.807, 2.05) is 44.2 Å². The van der Waals surface area contributed by atoms with Crippen LogP contribution >= 0.6 is 0 Å². The highest BCUT2D eigenvalue weighted by Crippen LogP contribution is 2.22. The quantitative estimate of drug-likeness (QED) is 0.874. The minimum Gasteiger partial charge on any atom is -0.280 e. The monoisotopic (exact) mass is 317 g/mol. The Bertz CT molecular complexity index is 729. The van der Waals surface area contributed by atoms with E-state index in [4.69, 9.17) is 0 Å². The van der Waals surface area contributed by atoms with Gasteiger partial charge in [0.2, 0.25) is 0 Å². The van der Waals surface area contributed by atoms with E-state index < -0.39 is 10.0 Å². The molecular weight excluding hydrogens is 294 g/mol.